The van der Waals surface area contributed by atoms with Crippen molar-refractivity contribution in [2.24, 2.45) is 0 Å². The van der Waals surface area contributed by atoms with Gasteiger partial charge in [-0.15, -0.1) is 0 Å². The molecule has 26 heavy (non-hydrogen) atoms. The molecule has 1 amide bonds. The van der Waals surface area contributed by atoms with Crippen molar-refractivity contribution in [3.05, 3.63) is 56.4 Å². The normalized spacial score (nSPS) is 14.0. The molecular formula is C18H13Cl3N2O3. The molecule has 0 unspecified atom stereocenters. The highest BCUT2D eigenvalue weighted by atomic mass is 35.5. The van der Waals surface area contributed by atoms with Gasteiger partial charge in [0.05, 0.1) is 10.0 Å². The van der Waals surface area contributed by atoms with Gasteiger partial charge in [-0.1, -0.05) is 34.8 Å². The zero-order valence-electron chi connectivity index (χ0n) is 13.4. The van der Waals surface area contributed by atoms with E-state index in [1.165, 1.54) is 18.2 Å². The van der Waals surface area contributed by atoms with Gasteiger partial charge in [0.15, 0.2) is 5.75 Å². The lowest BCUT2D eigenvalue weighted by atomic mass is 10.2. The molecule has 0 radical (unpaired) electrons. The van der Waals surface area contributed by atoms with Crippen molar-refractivity contribution in [2.75, 3.05) is 0 Å². The third kappa shape index (κ3) is 4.73. The number of furan rings is 1. The van der Waals surface area contributed by atoms with Crippen LogP contribution < -0.4 is 10.1 Å². The van der Waals surface area contributed by atoms with E-state index in [0.29, 0.717) is 22.3 Å². The molecule has 1 aliphatic rings. The van der Waals surface area contributed by atoms with E-state index in [-0.39, 0.29) is 28.3 Å². The van der Waals surface area contributed by atoms with Gasteiger partial charge in [-0.05, 0) is 37.1 Å². The van der Waals surface area contributed by atoms with Crippen LogP contribution in [0.3, 0.4) is 0 Å². The van der Waals surface area contributed by atoms with Gasteiger partial charge in [0.1, 0.15) is 29.8 Å². The smallest absolute Gasteiger partial charge is 0.262 e. The van der Waals surface area contributed by atoms with Gasteiger partial charge in [0, 0.05) is 17.1 Å². The lowest BCUT2D eigenvalue weighted by molar-refractivity contribution is -0.117. The molecule has 1 aromatic carbocycles. The number of rotatable bonds is 6. The number of hydrogen-bond donors (Lipinski definition) is 1. The first-order chi connectivity index (χ1) is 12.5. The van der Waals surface area contributed by atoms with Crippen molar-refractivity contribution in [1.29, 1.82) is 5.26 Å². The van der Waals surface area contributed by atoms with E-state index in [4.69, 9.17) is 49.2 Å². The van der Waals surface area contributed by atoms with Crippen molar-refractivity contribution < 1.29 is 13.9 Å². The van der Waals surface area contributed by atoms with E-state index in [9.17, 15) is 4.79 Å². The van der Waals surface area contributed by atoms with Gasteiger partial charge in [0.2, 0.25) is 0 Å². The predicted octanol–water partition coefficient (Wildman–Crippen LogP) is 5.00. The minimum Gasteiger partial charge on any atom is -0.483 e. The largest absolute Gasteiger partial charge is 0.483 e. The summed E-state index contributed by atoms with van der Waals surface area (Å²) < 4.78 is 11.1. The van der Waals surface area contributed by atoms with Gasteiger partial charge in [-0.2, -0.15) is 5.26 Å². The predicted molar refractivity (Wildman–Crippen MR) is 99.3 cm³/mol. The van der Waals surface area contributed by atoms with Crippen LogP contribution in [0.25, 0.3) is 6.08 Å². The Kier molecular flexibility index (Phi) is 5.77. The minimum absolute atomic E-state index is 0.0116. The first kappa shape index (κ1) is 18.7. The fourth-order valence-corrected chi connectivity index (χ4v) is 3.07. The Morgan fingerprint density at radius 1 is 1.31 bits per heavy atom. The molecule has 0 spiro atoms. The summed E-state index contributed by atoms with van der Waals surface area (Å²) in [6, 6.07) is 8.43. The first-order valence-corrected chi connectivity index (χ1v) is 8.88. The zero-order valence-corrected chi connectivity index (χ0v) is 15.7. The lowest BCUT2D eigenvalue weighted by Gasteiger charge is -2.08. The number of halogens is 3. The van der Waals surface area contributed by atoms with Crippen LogP contribution in [0.1, 0.15) is 24.4 Å². The van der Waals surface area contributed by atoms with E-state index >= 15 is 0 Å². The van der Waals surface area contributed by atoms with E-state index < -0.39 is 5.91 Å². The Balaban J connectivity index is 1.67. The van der Waals surface area contributed by atoms with Crippen LogP contribution in [0.15, 0.2) is 34.3 Å². The first-order valence-electron chi connectivity index (χ1n) is 7.75. The molecular weight excluding hydrogens is 399 g/mol. The van der Waals surface area contributed by atoms with Crippen LogP contribution in [-0.2, 0) is 11.4 Å². The SMILES string of the molecule is N#C/C(=C/c1ccc(COc2c(Cl)cc(Cl)cc2Cl)o1)C(=O)NC1CC1. The Labute approximate surface area is 165 Å². The number of nitrogens with one attached hydrogen (secondary N) is 1. The average molecular weight is 412 g/mol. The Morgan fingerprint density at radius 3 is 2.62 bits per heavy atom. The molecule has 8 heteroatoms. The number of carbonyl (C=O) groups excluding carboxylic acids is 1. The molecule has 2 aromatic rings. The van der Waals surface area contributed by atoms with E-state index in [1.807, 2.05) is 6.07 Å². The molecule has 3 rings (SSSR count). The summed E-state index contributed by atoms with van der Waals surface area (Å²) in [6.07, 6.45) is 3.29. The Hall–Kier alpha value is -2.13. The second-order valence-electron chi connectivity index (χ2n) is 5.71. The number of nitriles is 1. The molecule has 0 atom stereocenters. The summed E-state index contributed by atoms with van der Waals surface area (Å²) in [5.74, 6) is 0.759. The fourth-order valence-electron chi connectivity index (χ4n) is 2.14. The second kappa shape index (κ2) is 8.05. The second-order valence-corrected chi connectivity index (χ2v) is 6.96. The molecule has 0 bridgehead atoms. The van der Waals surface area contributed by atoms with Crippen molar-refractivity contribution >= 4 is 46.8 Å². The number of ether oxygens (including phenoxy) is 1. The standard InChI is InChI=1S/C18H13Cl3N2O3/c19-11-6-15(20)17(16(21)7-11)25-9-14-4-3-13(26-14)5-10(8-22)18(24)23-12-1-2-12/h3-7,12H,1-2,9H2,(H,23,24)/b10-5-. The van der Waals surface area contributed by atoms with Gasteiger partial charge < -0.3 is 14.5 Å². The molecule has 134 valence electrons. The van der Waals surface area contributed by atoms with Crippen LogP contribution in [0.4, 0.5) is 0 Å². The third-order valence-corrected chi connectivity index (χ3v) is 4.35. The van der Waals surface area contributed by atoms with E-state index in [1.54, 1.807) is 12.1 Å². The monoisotopic (exact) mass is 410 g/mol. The number of benzene rings is 1. The van der Waals surface area contributed by atoms with Gasteiger partial charge >= 0.3 is 0 Å². The summed E-state index contributed by atoms with van der Waals surface area (Å²) in [5, 5.41) is 12.9. The molecule has 1 heterocycles. The molecule has 1 aliphatic carbocycles. The van der Waals surface area contributed by atoms with Crippen molar-refractivity contribution in [2.45, 2.75) is 25.5 Å². The maximum absolute atomic E-state index is 11.9. The summed E-state index contributed by atoms with van der Waals surface area (Å²) in [4.78, 5) is 11.9. The topological polar surface area (TPSA) is 75.3 Å². The number of amides is 1. The number of hydrogen-bond acceptors (Lipinski definition) is 4. The van der Waals surface area contributed by atoms with Crippen molar-refractivity contribution in [3.63, 3.8) is 0 Å². The Morgan fingerprint density at radius 2 is 2.00 bits per heavy atom. The van der Waals surface area contributed by atoms with E-state index in [0.717, 1.165) is 12.8 Å². The average Bonchev–Trinajstić information content (AvgIpc) is 3.28. The lowest BCUT2D eigenvalue weighted by Crippen LogP contribution is -2.26. The van der Waals surface area contributed by atoms with Crippen LogP contribution in [-0.4, -0.2) is 11.9 Å². The van der Waals surface area contributed by atoms with Gasteiger partial charge in [-0.25, -0.2) is 0 Å². The molecule has 1 aromatic heterocycles. The molecule has 0 aliphatic heterocycles. The highest BCUT2D eigenvalue weighted by Gasteiger charge is 2.24. The number of carbonyl (C=O) groups is 1. The van der Waals surface area contributed by atoms with Crippen LogP contribution in [0.5, 0.6) is 5.75 Å². The maximum atomic E-state index is 11.9. The zero-order chi connectivity index (χ0) is 18.7. The maximum Gasteiger partial charge on any atom is 0.262 e. The summed E-state index contributed by atoms with van der Waals surface area (Å²) in [5.41, 5.74) is -0.0116. The molecule has 0 saturated heterocycles. The summed E-state index contributed by atoms with van der Waals surface area (Å²) in [6.45, 7) is 0.0745. The van der Waals surface area contributed by atoms with Gasteiger partial charge in [0.25, 0.3) is 5.91 Å². The minimum atomic E-state index is -0.399. The van der Waals surface area contributed by atoms with Crippen molar-refractivity contribution in [3.8, 4) is 11.8 Å². The number of nitrogens with zero attached hydrogens (tertiary/aromatic N) is 1. The summed E-state index contributed by atoms with van der Waals surface area (Å²) in [7, 11) is 0. The third-order valence-electron chi connectivity index (χ3n) is 3.57. The van der Waals surface area contributed by atoms with Crippen LogP contribution in [0, 0.1) is 11.3 Å². The van der Waals surface area contributed by atoms with Crippen LogP contribution >= 0.6 is 34.8 Å². The molecule has 1 N–H and O–H groups in total. The van der Waals surface area contributed by atoms with Crippen molar-refractivity contribution in [1.82, 2.24) is 5.32 Å². The quantitative estimate of drug-likeness (QED) is 0.536. The summed E-state index contributed by atoms with van der Waals surface area (Å²) >= 11 is 18.0. The Bertz CT molecular complexity index is 888. The van der Waals surface area contributed by atoms with Crippen LogP contribution in [0.2, 0.25) is 15.1 Å². The molecule has 1 saturated carbocycles. The molecule has 1 fully saturated rings. The highest BCUT2D eigenvalue weighted by Crippen LogP contribution is 2.36. The molecule has 5 nitrogen and oxygen atoms in total. The van der Waals surface area contributed by atoms with Gasteiger partial charge in [-0.3, -0.25) is 4.79 Å². The fraction of sp³-hybridized carbons (Fsp3) is 0.222. The van der Waals surface area contributed by atoms with E-state index in [2.05, 4.69) is 5.32 Å². The highest BCUT2D eigenvalue weighted by molar-refractivity contribution is 6.40.